The zero-order valence-electron chi connectivity index (χ0n) is 9.02. The number of hydrogen-bond acceptors (Lipinski definition) is 4. The summed E-state index contributed by atoms with van der Waals surface area (Å²) in [7, 11) is 0. The van der Waals surface area contributed by atoms with Gasteiger partial charge in [0.05, 0.1) is 12.1 Å². The summed E-state index contributed by atoms with van der Waals surface area (Å²) >= 11 is 1.91. The van der Waals surface area contributed by atoms with E-state index in [9.17, 15) is 5.11 Å². The average Bonchev–Trinajstić information content (AvgIpc) is 2.66. The first-order valence-electron chi connectivity index (χ1n) is 5.40. The summed E-state index contributed by atoms with van der Waals surface area (Å²) in [6, 6.07) is 0. The minimum atomic E-state index is -0.566. The Morgan fingerprint density at radius 1 is 1.53 bits per heavy atom. The molecule has 1 aliphatic rings. The van der Waals surface area contributed by atoms with Crippen LogP contribution in [0, 0.1) is 0 Å². The Morgan fingerprint density at radius 3 is 2.87 bits per heavy atom. The Morgan fingerprint density at radius 2 is 2.27 bits per heavy atom. The molecule has 1 aromatic rings. The quantitative estimate of drug-likeness (QED) is 0.840. The lowest BCUT2D eigenvalue weighted by Gasteiger charge is -2.31. The first-order valence-corrected chi connectivity index (χ1v) is 6.56. The van der Waals surface area contributed by atoms with Crippen LogP contribution in [0.4, 0.5) is 0 Å². The number of rotatable bonds is 3. The van der Waals surface area contributed by atoms with Crippen molar-refractivity contribution in [3.63, 3.8) is 0 Å². The summed E-state index contributed by atoms with van der Waals surface area (Å²) in [6.45, 7) is 2.62. The Hall–Kier alpha value is -0.550. The summed E-state index contributed by atoms with van der Waals surface area (Å²) in [4.78, 5) is 4.17. The number of thioether (sulfide) groups is 1. The van der Waals surface area contributed by atoms with Gasteiger partial charge in [-0.15, -0.1) is 0 Å². The van der Waals surface area contributed by atoms with Crippen LogP contribution in [-0.4, -0.2) is 37.0 Å². The molecule has 1 aliphatic heterocycles. The first kappa shape index (κ1) is 11.0. The molecule has 0 atom stereocenters. The fraction of sp³-hybridized carbons (Fsp3) is 0.800. The van der Waals surface area contributed by atoms with E-state index in [2.05, 4.69) is 10.1 Å². The second-order valence-corrected chi connectivity index (χ2v) is 5.27. The highest BCUT2D eigenvalue weighted by Gasteiger charge is 2.30. The van der Waals surface area contributed by atoms with E-state index in [1.807, 2.05) is 18.7 Å². The van der Waals surface area contributed by atoms with Crippen LogP contribution in [0.15, 0.2) is 6.33 Å². The number of nitrogens with zero attached hydrogens (tertiary/aromatic N) is 3. The molecule has 5 heteroatoms. The lowest BCUT2D eigenvalue weighted by molar-refractivity contribution is 0.0115. The van der Waals surface area contributed by atoms with Gasteiger partial charge in [-0.05, 0) is 24.3 Å². The number of aliphatic hydroxyl groups is 1. The van der Waals surface area contributed by atoms with Gasteiger partial charge in [0, 0.05) is 6.42 Å². The normalized spacial score (nSPS) is 20.4. The van der Waals surface area contributed by atoms with Gasteiger partial charge < -0.3 is 5.11 Å². The predicted molar refractivity (Wildman–Crippen MR) is 60.9 cm³/mol. The van der Waals surface area contributed by atoms with Crippen LogP contribution in [0.2, 0.25) is 0 Å². The molecule has 84 valence electrons. The van der Waals surface area contributed by atoms with Gasteiger partial charge in [-0.1, -0.05) is 6.92 Å². The molecule has 0 radical (unpaired) electrons. The van der Waals surface area contributed by atoms with E-state index >= 15 is 0 Å². The monoisotopic (exact) mass is 227 g/mol. The van der Waals surface area contributed by atoms with E-state index in [4.69, 9.17) is 0 Å². The van der Waals surface area contributed by atoms with Crippen LogP contribution < -0.4 is 0 Å². The van der Waals surface area contributed by atoms with Crippen molar-refractivity contribution in [2.75, 3.05) is 11.5 Å². The van der Waals surface area contributed by atoms with Crippen molar-refractivity contribution in [2.24, 2.45) is 0 Å². The second kappa shape index (κ2) is 4.53. The molecule has 15 heavy (non-hydrogen) atoms. The predicted octanol–water partition coefficient (Wildman–Crippen LogP) is 1.10. The van der Waals surface area contributed by atoms with E-state index in [1.165, 1.54) is 0 Å². The SMILES string of the molecule is CCc1ncn(CC2(O)CCSCC2)n1. The van der Waals surface area contributed by atoms with Gasteiger partial charge in [-0.3, -0.25) is 0 Å². The zero-order valence-corrected chi connectivity index (χ0v) is 9.83. The third-order valence-corrected chi connectivity index (χ3v) is 3.77. The molecule has 0 aromatic carbocycles. The van der Waals surface area contributed by atoms with Gasteiger partial charge in [0.25, 0.3) is 0 Å². The minimum absolute atomic E-state index is 0.566. The van der Waals surface area contributed by atoms with E-state index in [0.717, 1.165) is 36.6 Å². The topological polar surface area (TPSA) is 50.9 Å². The standard InChI is InChI=1S/C10H17N3OS/c1-2-9-11-8-13(12-9)7-10(14)3-5-15-6-4-10/h8,14H,2-7H2,1H3. The smallest absolute Gasteiger partial charge is 0.150 e. The maximum absolute atomic E-state index is 10.3. The van der Waals surface area contributed by atoms with Crippen molar-refractivity contribution in [3.8, 4) is 0 Å². The first-order chi connectivity index (χ1) is 7.22. The molecule has 2 heterocycles. The van der Waals surface area contributed by atoms with Gasteiger partial charge >= 0.3 is 0 Å². The summed E-state index contributed by atoms with van der Waals surface area (Å²) in [5, 5.41) is 14.6. The van der Waals surface area contributed by atoms with Gasteiger partial charge in [-0.2, -0.15) is 16.9 Å². The Labute approximate surface area is 94.1 Å². The second-order valence-electron chi connectivity index (χ2n) is 4.05. The fourth-order valence-electron chi connectivity index (χ4n) is 1.78. The summed E-state index contributed by atoms with van der Waals surface area (Å²) < 4.78 is 1.77. The highest BCUT2D eigenvalue weighted by molar-refractivity contribution is 7.99. The Bertz CT molecular complexity index is 320. The molecule has 1 aromatic heterocycles. The molecular formula is C10H17N3OS. The average molecular weight is 227 g/mol. The molecule has 0 amide bonds. The van der Waals surface area contributed by atoms with Crippen molar-refractivity contribution in [3.05, 3.63) is 12.2 Å². The third-order valence-electron chi connectivity index (χ3n) is 2.78. The lowest BCUT2D eigenvalue weighted by Crippen LogP contribution is -2.38. The van der Waals surface area contributed by atoms with Crippen molar-refractivity contribution in [2.45, 2.75) is 38.3 Å². The molecule has 0 saturated carbocycles. The molecule has 0 spiro atoms. The van der Waals surface area contributed by atoms with Crippen molar-refractivity contribution in [1.82, 2.24) is 14.8 Å². The molecule has 1 fully saturated rings. The van der Waals surface area contributed by atoms with Crippen molar-refractivity contribution < 1.29 is 5.11 Å². The highest BCUT2D eigenvalue weighted by atomic mass is 32.2. The molecule has 1 saturated heterocycles. The molecule has 4 nitrogen and oxygen atoms in total. The van der Waals surface area contributed by atoms with Gasteiger partial charge in [-0.25, -0.2) is 9.67 Å². The summed E-state index contributed by atoms with van der Waals surface area (Å²) in [5.41, 5.74) is -0.566. The number of hydrogen-bond donors (Lipinski definition) is 1. The fourth-order valence-corrected chi connectivity index (χ4v) is 3.04. The molecule has 1 N–H and O–H groups in total. The highest BCUT2D eigenvalue weighted by Crippen LogP contribution is 2.27. The maximum atomic E-state index is 10.3. The minimum Gasteiger partial charge on any atom is -0.388 e. The van der Waals surface area contributed by atoms with Crippen molar-refractivity contribution >= 4 is 11.8 Å². The van der Waals surface area contributed by atoms with Crippen LogP contribution in [0.1, 0.15) is 25.6 Å². The van der Waals surface area contributed by atoms with Gasteiger partial charge in [0.15, 0.2) is 0 Å². The molecular weight excluding hydrogens is 210 g/mol. The molecule has 2 rings (SSSR count). The Balaban J connectivity index is 2.00. The van der Waals surface area contributed by atoms with Crippen LogP contribution in [-0.2, 0) is 13.0 Å². The van der Waals surface area contributed by atoms with Crippen LogP contribution in [0.3, 0.4) is 0 Å². The van der Waals surface area contributed by atoms with E-state index in [1.54, 1.807) is 11.0 Å². The number of aryl methyl sites for hydroxylation is 1. The van der Waals surface area contributed by atoms with E-state index < -0.39 is 5.60 Å². The van der Waals surface area contributed by atoms with Gasteiger partial charge in [0.1, 0.15) is 12.2 Å². The molecule has 0 aliphatic carbocycles. The summed E-state index contributed by atoms with van der Waals surface area (Å²) in [5.74, 6) is 2.95. The maximum Gasteiger partial charge on any atom is 0.150 e. The van der Waals surface area contributed by atoms with Crippen LogP contribution >= 0.6 is 11.8 Å². The van der Waals surface area contributed by atoms with E-state index in [0.29, 0.717) is 6.54 Å². The zero-order chi connectivity index (χ0) is 10.7. The molecule has 0 bridgehead atoms. The van der Waals surface area contributed by atoms with Crippen LogP contribution in [0.5, 0.6) is 0 Å². The van der Waals surface area contributed by atoms with E-state index in [-0.39, 0.29) is 0 Å². The third kappa shape index (κ3) is 2.72. The van der Waals surface area contributed by atoms with Crippen LogP contribution in [0.25, 0.3) is 0 Å². The van der Waals surface area contributed by atoms with Crippen molar-refractivity contribution in [1.29, 1.82) is 0 Å². The molecule has 0 unspecified atom stereocenters. The number of aromatic nitrogens is 3. The Kier molecular flexibility index (Phi) is 3.31. The van der Waals surface area contributed by atoms with Gasteiger partial charge in [0.2, 0.25) is 0 Å². The lowest BCUT2D eigenvalue weighted by atomic mass is 9.97. The summed E-state index contributed by atoms with van der Waals surface area (Å²) in [6.07, 6.45) is 4.29. The largest absolute Gasteiger partial charge is 0.388 e.